The molecule has 1 aromatic heterocycles. The minimum atomic E-state index is 0.263. The molecule has 1 unspecified atom stereocenters. The molecule has 0 saturated carbocycles. The third-order valence-corrected chi connectivity index (χ3v) is 3.07. The number of hydrogen-bond donors (Lipinski definition) is 0. The van der Waals surface area contributed by atoms with E-state index in [2.05, 4.69) is 20.5 Å². The van der Waals surface area contributed by atoms with Gasteiger partial charge in [0, 0.05) is 43.3 Å². The second-order valence-electron chi connectivity index (χ2n) is 3.56. The van der Waals surface area contributed by atoms with E-state index in [-0.39, 0.29) is 5.91 Å². The lowest BCUT2D eigenvalue weighted by Crippen LogP contribution is -2.28. The Labute approximate surface area is 91.8 Å². The summed E-state index contributed by atoms with van der Waals surface area (Å²) in [5.74, 6) is 0.263. The van der Waals surface area contributed by atoms with Crippen LogP contribution in [0.2, 0.25) is 0 Å². The first-order valence-electron chi connectivity index (χ1n) is 4.78. The molecule has 3 nitrogen and oxygen atoms in total. The Balaban J connectivity index is 1.84. The quantitative estimate of drug-likeness (QED) is 0.753. The van der Waals surface area contributed by atoms with Gasteiger partial charge in [0.1, 0.15) is 0 Å². The van der Waals surface area contributed by atoms with Crippen molar-refractivity contribution in [1.82, 2.24) is 9.47 Å². The van der Waals surface area contributed by atoms with E-state index in [4.69, 9.17) is 0 Å². The summed E-state index contributed by atoms with van der Waals surface area (Å²) in [5.41, 5.74) is 0. The standard InChI is InChI=1S/C10H13BrN2O/c11-9-7-10(14)13(8-9)6-5-12-3-1-2-4-12/h1-4,9H,5-8H2. The molecule has 0 bridgehead atoms. The zero-order valence-corrected chi connectivity index (χ0v) is 9.48. The van der Waals surface area contributed by atoms with Gasteiger partial charge in [-0.2, -0.15) is 0 Å². The van der Waals surface area contributed by atoms with Crippen molar-refractivity contribution >= 4 is 21.8 Å². The second-order valence-corrected chi connectivity index (χ2v) is 4.86. The highest BCUT2D eigenvalue weighted by molar-refractivity contribution is 9.09. The Morgan fingerprint density at radius 1 is 1.36 bits per heavy atom. The van der Waals surface area contributed by atoms with Gasteiger partial charge in [0.15, 0.2) is 0 Å². The van der Waals surface area contributed by atoms with Crippen molar-refractivity contribution in [1.29, 1.82) is 0 Å². The van der Waals surface area contributed by atoms with Crippen LogP contribution in [0.25, 0.3) is 0 Å². The number of likely N-dealkylation sites (tertiary alicyclic amines) is 1. The van der Waals surface area contributed by atoms with Crippen molar-refractivity contribution in [2.24, 2.45) is 0 Å². The largest absolute Gasteiger partial charge is 0.352 e. The van der Waals surface area contributed by atoms with Gasteiger partial charge in [0.05, 0.1) is 0 Å². The van der Waals surface area contributed by atoms with Gasteiger partial charge in [0.2, 0.25) is 5.91 Å². The van der Waals surface area contributed by atoms with Crippen molar-refractivity contribution in [3.8, 4) is 0 Å². The predicted octanol–water partition coefficient (Wildman–Crippen LogP) is 1.48. The number of amides is 1. The van der Waals surface area contributed by atoms with Crippen molar-refractivity contribution < 1.29 is 4.79 Å². The number of halogens is 1. The van der Waals surface area contributed by atoms with Gasteiger partial charge in [-0.3, -0.25) is 4.79 Å². The summed E-state index contributed by atoms with van der Waals surface area (Å²) in [6, 6.07) is 4.00. The monoisotopic (exact) mass is 256 g/mol. The molecule has 0 spiro atoms. The fraction of sp³-hybridized carbons (Fsp3) is 0.500. The molecule has 1 aliphatic rings. The topological polar surface area (TPSA) is 25.2 Å². The molecule has 0 N–H and O–H groups in total. The fourth-order valence-corrected chi connectivity index (χ4v) is 2.32. The van der Waals surface area contributed by atoms with E-state index < -0.39 is 0 Å². The molecule has 2 heterocycles. The summed E-state index contributed by atoms with van der Waals surface area (Å²) in [6.45, 7) is 2.55. The van der Waals surface area contributed by atoms with Crippen LogP contribution >= 0.6 is 15.9 Å². The van der Waals surface area contributed by atoms with E-state index in [0.29, 0.717) is 11.2 Å². The average molecular weight is 257 g/mol. The molecule has 1 aromatic rings. The van der Waals surface area contributed by atoms with Crippen LogP contribution in [-0.2, 0) is 11.3 Å². The summed E-state index contributed by atoms with van der Waals surface area (Å²) < 4.78 is 2.09. The van der Waals surface area contributed by atoms with Crippen molar-refractivity contribution in [2.75, 3.05) is 13.1 Å². The van der Waals surface area contributed by atoms with Gasteiger partial charge >= 0.3 is 0 Å². The minimum Gasteiger partial charge on any atom is -0.352 e. The van der Waals surface area contributed by atoms with Crippen LogP contribution in [0.15, 0.2) is 24.5 Å². The lowest BCUT2D eigenvalue weighted by atomic mass is 10.4. The minimum absolute atomic E-state index is 0.263. The zero-order chi connectivity index (χ0) is 9.97. The maximum Gasteiger partial charge on any atom is 0.223 e. The summed E-state index contributed by atoms with van der Waals surface area (Å²) >= 11 is 3.47. The molecule has 1 fully saturated rings. The summed E-state index contributed by atoms with van der Waals surface area (Å²) in [5, 5.41) is 0. The van der Waals surface area contributed by atoms with E-state index >= 15 is 0 Å². The summed E-state index contributed by atoms with van der Waals surface area (Å²) in [6.07, 6.45) is 4.68. The lowest BCUT2D eigenvalue weighted by Gasteiger charge is -2.15. The maximum absolute atomic E-state index is 11.4. The molecule has 2 rings (SSSR count). The molecule has 14 heavy (non-hydrogen) atoms. The molecular weight excluding hydrogens is 244 g/mol. The lowest BCUT2D eigenvalue weighted by molar-refractivity contribution is -0.127. The van der Waals surface area contributed by atoms with Crippen molar-refractivity contribution in [2.45, 2.75) is 17.8 Å². The van der Waals surface area contributed by atoms with Crippen LogP contribution in [0.4, 0.5) is 0 Å². The molecule has 1 amide bonds. The zero-order valence-electron chi connectivity index (χ0n) is 7.90. The number of rotatable bonds is 3. The normalized spacial score (nSPS) is 21.9. The molecular formula is C10H13BrN2O. The van der Waals surface area contributed by atoms with Gasteiger partial charge in [-0.1, -0.05) is 15.9 Å². The smallest absolute Gasteiger partial charge is 0.223 e. The summed E-state index contributed by atoms with van der Waals surface area (Å²) in [7, 11) is 0. The highest BCUT2D eigenvalue weighted by atomic mass is 79.9. The second kappa shape index (κ2) is 4.17. The Kier molecular flexibility index (Phi) is 2.91. The van der Waals surface area contributed by atoms with Crippen LogP contribution < -0.4 is 0 Å². The van der Waals surface area contributed by atoms with Crippen LogP contribution in [0, 0.1) is 0 Å². The number of aromatic nitrogens is 1. The number of carbonyl (C=O) groups is 1. The van der Waals surface area contributed by atoms with E-state index in [1.807, 2.05) is 29.4 Å². The van der Waals surface area contributed by atoms with E-state index in [1.54, 1.807) is 0 Å². The van der Waals surface area contributed by atoms with Crippen LogP contribution in [0.1, 0.15) is 6.42 Å². The first-order chi connectivity index (χ1) is 6.75. The van der Waals surface area contributed by atoms with Crippen LogP contribution in [0.3, 0.4) is 0 Å². The number of carbonyl (C=O) groups excluding carboxylic acids is 1. The number of nitrogens with zero attached hydrogens (tertiary/aromatic N) is 2. The van der Waals surface area contributed by atoms with Crippen molar-refractivity contribution in [3.05, 3.63) is 24.5 Å². The highest BCUT2D eigenvalue weighted by Gasteiger charge is 2.26. The first kappa shape index (κ1) is 9.77. The first-order valence-corrected chi connectivity index (χ1v) is 5.70. The van der Waals surface area contributed by atoms with Gasteiger partial charge < -0.3 is 9.47 Å². The van der Waals surface area contributed by atoms with Gasteiger partial charge in [-0.25, -0.2) is 0 Å². The summed E-state index contributed by atoms with van der Waals surface area (Å²) in [4.78, 5) is 13.7. The van der Waals surface area contributed by atoms with E-state index in [1.165, 1.54) is 0 Å². The Bertz CT molecular complexity index is 310. The average Bonchev–Trinajstić information content (AvgIpc) is 2.72. The fourth-order valence-electron chi connectivity index (χ4n) is 1.70. The van der Waals surface area contributed by atoms with Gasteiger partial charge in [0.25, 0.3) is 0 Å². The van der Waals surface area contributed by atoms with E-state index in [9.17, 15) is 4.79 Å². The Hall–Kier alpha value is -0.770. The molecule has 76 valence electrons. The highest BCUT2D eigenvalue weighted by Crippen LogP contribution is 2.17. The van der Waals surface area contributed by atoms with Crippen LogP contribution in [-0.4, -0.2) is 33.3 Å². The molecule has 0 radical (unpaired) electrons. The van der Waals surface area contributed by atoms with Gasteiger partial charge in [-0.05, 0) is 12.1 Å². The molecule has 0 aliphatic carbocycles. The van der Waals surface area contributed by atoms with E-state index in [0.717, 1.165) is 19.6 Å². The third kappa shape index (κ3) is 2.18. The molecule has 4 heteroatoms. The molecule has 0 aromatic carbocycles. The Morgan fingerprint density at radius 2 is 2.07 bits per heavy atom. The van der Waals surface area contributed by atoms with Crippen LogP contribution in [0.5, 0.6) is 0 Å². The number of alkyl halides is 1. The van der Waals surface area contributed by atoms with Crippen molar-refractivity contribution in [3.63, 3.8) is 0 Å². The maximum atomic E-state index is 11.4. The Morgan fingerprint density at radius 3 is 2.64 bits per heavy atom. The molecule has 1 atom stereocenters. The van der Waals surface area contributed by atoms with Gasteiger partial charge in [-0.15, -0.1) is 0 Å². The third-order valence-electron chi connectivity index (χ3n) is 2.46. The molecule has 1 saturated heterocycles. The SMILES string of the molecule is O=C1CC(Br)CN1CCn1cccc1. The number of hydrogen-bond acceptors (Lipinski definition) is 1. The molecule has 1 aliphatic heterocycles. The predicted molar refractivity (Wildman–Crippen MR) is 58.3 cm³/mol.